The van der Waals surface area contributed by atoms with Crippen LogP contribution in [-0.4, -0.2) is 9.55 Å². The first kappa shape index (κ1) is 40.0. The van der Waals surface area contributed by atoms with Crippen LogP contribution < -0.4 is 0 Å². The van der Waals surface area contributed by atoms with Gasteiger partial charge in [-0.25, -0.2) is 4.98 Å². The van der Waals surface area contributed by atoms with Gasteiger partial charge in [0.25, 0.3) is 0 Å². The molecule has 0 saturated carbocycles. The molecule has 0 bridgehead atoms. The predicted molar refractivity (Wildman–Crippen MR) is 284 cm³/mol. The number of rotatable bonds is 9. The number of para-hydroxylation sites is 2. The summed E-state index contributed by atoms with van der Waals surface area (Å²) in [6.45, 7) is 2.18. The molecule has 0 atom stereocenters. The molecule has 316 valence electrons. The highest BCUT2D eigenvalue weighted by Crippen LogP contribution is 2.51. The number of imidazole rings is 1. The molecule has 0 aliphatic carbocycles. The number of hydrogen-bond acceptors (Lipinski definition) is 1. The van der Waals surface area contributed by atoms with Gasteiger partial charge in [-0.05, 0) is 130 Å². The molecule has 0 aliphatic heterocycles. The first-order valence-corrected chi connectivity index (χ1v) is 23.3. The van der Waals surface area contributed by atoms with Gasteiger partial charge in [0.05, 0.1) is 11.0 Å². The van der Waals surface area contributed by atoms with E-state index in [1.165, 1.54) is 93.9 Å². The number of aromatic nitrogens is 2. The molecule has 1 heterocycles. The molecule has 0 N–H and O–H groups in total. The fraction of sp³-hybridized carbons (Fsp3) is 0.0308. The average molecular weight is 855 g/mol. The molecule has 0 fully saturated rings. The minimum Gasteiger partial charge on any atom is -0.296 e. The van der Waals surface area contributed by atoms with Crippen molar-refractivity contribution >= 4 is 32.6 Å². The Balaban J connectivity index is 1.07. The summed E-state index contributed by atoms with van der Waals surface area (Å²) in [5.41, 5.74) is 20.1. The molecule has 0 radical (unpaired) electrons. The van der Waals surface area contributed by atoms with Crippen molar-refractivity contribution in [2.45, 2.75) is 13.3 Å². The Bertz CT molecular complexity index is 3680. The summed E-state index contributed by atoms with van der Waals surface area (Å²) in [7, 11) is 0. The minimum atomic E-state index is 0.840. The SMILES string of the molecule is CCc1nc2ccccc2n1-c1cccc(-c2c3ccccc3c(-c3ccc(-c4cc(-c5ccccc5)c(-c5ccccc5)c(-c5ccccc5)c4-c4ccccc4)cc3)c3ccccc23)c1. The third kappa shape index (κ3) is 7.02. The highest BCUT2D eigenvalue weighted by molar-refractivity contribution is 6.21. The Morgan fingerprint density at radius 3 is 1.22 bits per heavy atom. The van der Waals surface area contributed by atoms with Crippen molar-refractivity contribution < 1.29 is 0 Å². The maximum atomic E-state index is 5.02. The van der Waals surface area contributed by atoms with Crippen LogP contribution in [0.3, 0.4) is 0 Å². The Kier molecular flexibility index (Phi) is 10.2. The third-order valence-electron chi connectivity index (χ3n) is 13.4. The van der Waals surface area contributed by atoms with Crippen molar-refractivity contribution in [3.8, 4) is 83.6 Å². The average Bonchev–Trinajstić information content (AvgIpc) is 3.80. The largest absolute Gasteiger partial charge is 0.296 e. The van der Waals surface area contributed by atoms with E-state index in [0.29, 0.717) is 0 Å². The van der Waals surface area contributed by atoms with Gasteiger partial charge in [-0.2, -0.15) is 0 Å². The topological polar surface area (TPSA) is 17.8 Å². The highest BCUT2D eigenvalue weighted by Gasteiger charge is 2.24. The molecule has 0 amide bonds. The summed E-state index contributed by atoms with van der Waals surface area (Å²) < 4.78 is 2.32. The van der Waals surface area contributed by atoms with Gasteiger partial charge in [0.15, 0.2) is 0 Å². The zero-order valence-corrected chi connectivity index (χ0v) is 37.3. The smallest absolute Gasteiger partial charge is 0.114 e. The van der Waals surface area contributed by atoms with E-state index in [0.717, 1.165) is 34.5 Å². The van der Waals surface area contributed by atoms with Crippen LogP contribution in [0.2, 0.25) is 0 Å². The second-order valence-electron chi connectivity index (χ2n) is 17.2. The molecule has 0 aliphatic rings. The van der Waals surface area contributed by atoms with E-state index in [2.05, 4.69) is 260 Å². The molecular weight excluding hydrogens is 809 g/mol. The molecule has 0 saturated heterocycles. The fourth-order valence-electron chi connectivity index (χ4n) is 10.4. The van der Waals surface area contributed by atoms with Crippen molar-refractivity contribution in [2.75, 3.05) is 0 Å². The second-order valence-corrected chi connectivity index (χ2v) is 17.2. The number of benzene rings is 11. The summed E-state index contributed by atoms with van der Waals surface area (Å²) in [6.07, 6.45) is 0.840. The molecule has 2 heteroatoms. The zero-order chi connectivity index (χ0) is 44.7. The lowest BCUT2D eigenvalue weighted by atomic mass is 9.78. The molecule has 2 nitrogen and oxygen atoms in total. The minimum absolute atomic E-state index is 0.840. The first-order valence-electron chi connectivity index (χ1n) is 23.3. The Labute approximate surface area is 391 Å². The summed E-state index contributed by atoms with van der Waals surface area (Å²) >= 11 is 0. The van der Waals surface area contributed by atoms with Crippen LogP contribution in [-0.2, 0) is 6.42 Å². The monoisotopic (exact) mass is 854 g/mol. The quantitative estimate of drug-likeness (QED) is 0.132. The molecule has 1 aromatic heterocycles. The van der Waals surface area contributed by atoms with Gasteiger partial charge in [0.1, 0.15) is 5.82 Å². The normalized spacial score (nSPS) is 11.4. The second kappa shape index (κ2) is 17.1. The van der Waals surface area contributed by atoms with Crippen molar-refractivity contribution in [1.29, 1.82) is 0 Å². The molecule has 0 unspecified atom stereocenters. The lowest BCUT2D eigenvalue weighted by Gasteiger charge is -2.24. The van der Waals surface area contributed by atoms with E-state index in [1.807, 2.05) is 0 Å². The van der Waals surface area contributed by atoms with Gasteiger partial charge in [0, 0.05) is 12.1 Å². The van der Waals surface area contributed by atoms with E-state index in [-0.39, 0.29) is 0 Å². The van der Waals surface area contributed by atoms with Crippen LogP contribution >= 0.6 is 0 Å². The van der Waals surface area contributed by atoms with Gasteiger partial charge in [-0.3, -0.25) is 4.57 Å². The predicted octanol–water partition coefficient (Wildman–Crippen LogP) is 17.6. The Hall–Kier alpha value is -8.59. The number of hydrogen-bond donors (Lipinski definition) is 0. The van der Waals surface area contributed by atoms with Gasteiger partial charge >= 0.3 is 0 Å². The molecule has 12 rings (SSSR count). The lowest BCUT2D eigenvalue weighted by Crippen LogP contribution is -2.00. The van der Waals surface area contributed by atoms with Crippen molar-refractivity contribution in [1.82, 2.24) is 9.55 Å². The van der Waals surface area contributed by atoms with E-state index in [1.54, 1.807) is 0 Å². The summed E-state index contributed by atoms with van der Waals surface area (Å²) in [6, 6.07) is 90.8. The van der Waals surface area contributed by atoms with Crippen LogP contribution in [0.4, 0.5) is 0 Å². The number of aryl methyl sites for hydroxylation is 1. The van der Waals surface area contributed by atoms with Crippen LogP contribution in [0.25, 0.3) is 116 Å². The van der Waals surface area contributed by atoms with Gasteiger partial charge in [-0.1, -0.05) is 225 Å². The van der Waals surface area contributed by atoms with Gasteiger partial charge < -0.3 is 0 Å². The molecule has 12 aromatic rings. The van der Waals surface area contributed by atoms with Gasteiger partial charge in [-0.15, -0.1) is 0 Å². The van der Waals surface area contributed by atoms with E-state index in [9.17, 15) is 0 Å². The fourth-order valence-corrected chi connectivity index (χ4v) is 10.4. The zero-order valence-electron chi connectivity index (χ0n) is 37.3. The van der Waals surface area contributed by atoms with Crippen molar-refractivity contribution in [2.24, 2.45) is 0 Å². The van der Waals surface area contributed by atoms with E-state index in [4.69, 9.17) is 4.98 Å². The molecule has 11 aromatic carbocycles. The highest BCUT2D eigenvalue weighted by atomic mass is 15.1. The third-order valence-corrected chi connectivity index (χ3v) is 13.4. The Morgan fingerprint density at radius 1 is 0.313 bits per heavy atom. The molecule has 67 heavy (non-hydrogen) atoms. The van der Waals surface area contributed by atoms with Crippen LogP contribution in [0.15, 0.2) is 249 Å². The maximum absolute atomic E-state index is 5.02. The first-order chi connectivity index (χ1) is 33.2. The molecular formula is C65H46N2. The van der Waals surface area contributed by atoms with Crippen molar-refractivity contribution in [3.63, 3.8) is 0 Å². The molecule has 0 spiro atoms. The van der Waals surface area contributed by atoms with Crippen molar-refractivity contribution in [3.05, 3.63) is 255 Å². The maximum Gasteiger partial charge on any atom is 0.114 e. The Morgan fingerprint density at radius 2 is 0.701 bits per heavy atom. The van der Waals surface area contributed by atoms with E-state index >= 15 is 0 Å². The lowest BCUT2D eigenvalue weighted by molar-refractivity contribution is 0.908. The van der Waals surface area contributed by atoms with E-state index < -0.39 is 0 Å². The van der Waals surface area contributed by atoms with Gasteiger partial charge in [0.2, 0.25) is 0 Å². The standard InChI is InChI=1S/C65H46N2/c1-2-60-66-58-36-19-20-37-59(58)67(60)51-31-21-30-50(42-51)62-54-34-17-15-32-52(54)61(53-33-16-18-35-55(53)62)49-40-38-45(39-41-49)57-43-56(44-22-7-3-8-23-44)63(46-24-9-4-10-25-46)65(48-28-13-6-14-29-48)64(57)47-26-11-5-12-27-47/h3-43H,2H2,1H3. The number of fused-ring (bicyclic) bond motifs is 3. The summed E-state index contributed by atoms with van der Waals surface area (Å²) in [4.78, 5) is 5.02. The summed E-state index contributed by atoms with van der Waals surface area (Å²) in [5, 5.41) is 4.91. The number of nitrogens with zero attached hydrogens (tertiary/aromatic N) is 2. The van der Waals surface area contributed by atoms with Crippen LogP contribution in [0.5, 0.6) is 0 Å². The van der Waals surface area contributed by atoms with Crippen LogP contribution in [0, 0.1) is 0 Å². The van der Waals surface area contributed by atoms with Crippen LogP contribution in [0.1, 0.15) is 12.7 Å². The summed E-state index contributed by atoms with van der Waals surface area (Å²) in [5.74, 6) is 1.06.